The van der Waals surface area contributed by atoms with Gasteiger partial charge in [0.1, 0.15) is 23.0 Å². The molecular weight excluding hydrogens is 585 g/mol. The Morgan fingerprint density at radius 2 is 1.67 bits per heavy atom. The molecule has 2 bridgehead atoms. The molecule has 5 saturated carbocycles. The number of ether oxygens (including phenoxy) is 3. The molecule has 0 spiro atoms. The van der Waals surface area contributed by atoms with E-state index < -0.39 is 0 Å². The first-order valence-electron chi connectivity index (χ1n) is 15.6. The summed E-state index contributed by atoms with van der Waals surface area (Å²) in [5, 5.41) is 6.37. The summed E-state index contributed by atoms with van der Waals surface area (Å²) in [7, 11) is 0. The highest BCUT2D eigenvalue weighted by atomic mass is 35.5. The van der Waals surface area contributed by atoms with Crippen LogP contribution in [0.4, 0.5) is 0 Å². The van der Waals surface area contributed by atoms with Crippen molar-refractivity contribution in [3.05, 3.63) is 64.2 Å². The lowest BCUT2D eigenvalue weighted by atomic mass is 9.59. The lowest BCUT2D eigenvalue weighted by molar-refractivity contribution is -0.150. The first-order chi connectivity index (χ1) is 21.0. The van der Waals surface area contributed by atoms with Crippen LogP contribution in [0.15, 0.2) is 47.4 Å². The number of aromatic nitrogens is 3. The van der Waals surface area contributed by atoms with Crippen molar-refractivity contribution < 1.29 is 18.7 Å². The van der Waals surface area contributed by atoms with Crippen molar-refractivity contribution in [2.24, 2.45) is 11.3 Å². The Balaban J connectivity index is 0.934. The second kappa shape index (κ2) is 10.9. The summed E-state index contributed by atoms with van der Waals surface area (Å²) in [6, 6.07) is 8.13. The highest BCUT2D eigenvalue weighted by Gasteiger charge is 2.50. The zero-order valence-electron chi connectivity index (χ0n) is 24.1. The normalized spacial score (nSPS) is 24.9. The Kier molecular flexibility index (Phi) is 7.03. The van der Waals surface area contributed by atoms with Gasteiger partial charge in [0.15, 0.2) is 0 Å². The minimum absolute atomic E-state index is 0.134. The van der Waals surface area contributed by atoms with E-state index in [1.807, 2.05) is 24.4 Å². The van der Waals surface area contributed by atoms with E-state index in [9.17, 15) is 0 Å². The summed E-state index contributed by atoms with van der Waals surface area (Å²) in [5.74, 6) is 3.78. The summed E-state index contributed by atoms with van der Waals surface area (Å²) in [5.41, 5.74) is 3.30. The van der Waals surface area contributed by atoms with Gasteiger partial charge in [0.2, 0.25) is 0 Å². The molecule has 3 aromatic heterocycles. The second-order valence-corrected chi connectivity index (χ2v) is 13.9. The zero-order chi connectivity index (χ0) is 29.0. The van der Waals surface area contributed by atoms with Crippen molar-refractivity contribution in [1.82, 2.24) is 15.1 Å². The fraction of sp³-hybridized carbons (Fsp3) is 0.500. The van der Waals surface area contributed by atoms with Crippen LogP contribution in [-0.4, -0.2) is 33.9 Å². The van der Waals surface area contributed by atoms with Crippen LogP contribution in [0, 0.1) is 11.3 Å². The van der Waals surface area contributed by atoms with Crippen molar-refractivity contribution in [2.45, 2.75) is 82.3 Å². The van der Waals surface area contributed by atoms with Crippen LogP contribution in [0.25, 0.3) is 22.2 Å². The number of nitrogens with zero attached hydrogens (tertiary/aromatic N) is 3. The maximum atomic E-state index is 6.81. The fourth-order valence-electron chi connectivity index (χ4n) is 6.89. The number of fused-ring (bicyclic) bond motifs is 4. The van der Waals surface area contributed by atoms with E-state index in [0.29, 0.717) is 46.4 Å². The third-order valence-electron chi connectivity index (χ3n) is 10.1. The van der Waals surface area contributed by atoms with Crippen LogP contribution in [0.5, 0.6) is 11.5 Å². The van der Waals surface area contributed by atoms with Gasteiger partial charge in [-0.2, -0.15) is 0 Å². The highest BCUT2D eigenvalue weighted by Crippen LogP contribution is 2.55. The molecule has 0 atom stereocenters. The molecule has 0 saturated heterocycles. The molecular formula is C34H35Cl2N3O4. The average molecular weight is 621 g/mol. The Hall–Kier alpha value is -2.87. The molecule has 0 aliphatic heterocycles. The SMILES string of the molecule is Clc1cncc(Cl)c1-c1noc(C2CC2)c1COC12CCC(COc3ccc4nccc(OCC5CC5)c4c3)(CC1)CC2. The number of pyridine rings is 2. The van der Waals surface area contributed by atoms with Crippen molar-refractivity contribution in [3.63, 3.8) is 0 Å². The van der Waals surface area contributed by atoms with E-state index >= 15 is 0 Å². The van der Waals surface area contributed by atoms with E-state index in [0.717, 1.165) is 91.7 Å². The summed E-state index contributed by atoms with van der Waals surface area (Å²) in [4.78, 5) is 8.63. The van der Waals surface area contributed by atoms with Gasteiger partial charge in [-0.25, -0.2) is 0 Å². The largest absolute Gasteiger partial charge is 0.493 e. The third kappa shape index (κ3) is 5.49. The van der Waals surface area contributed by atoms with Crippen LogP contribution in [0.1, 0.15) is 81.4 Å². The van der Waals surface area contributed by atoms with Crippen LogP contribution < -0.4 is 9.47 Å². The molecule has 1 aromatic carbocycles. The van der Waals surface area contributed by atoms with E-state index in [4.69, 9.17) is 41.9 Å². The lowest BCUT2D eigenvalue weighted by Gasteiger charge is -2.52. The average Bonchev–Trinajstić information content (AvgIpc) is 3.98. The first-order valence-corrected chi connectivity index (χ1v) is 16.3. The summed E-state index contributed by atoms with van der Waals surface area (Å²) in [6.07, 6.45) is 16.1. The number of halogens is 2. The van der Waals surface area contributed by atoms with Gasteiger partial charge in [0.25, 0.3) is 0 Å². The Morgan fingerprint density at radius 3 is 2.40 bits per heavy atom. The number of benzene rings is 1. The molecule has 9 heteroatoms. The van der Waals surface area contributed by atoms with E-state index in [-0.39, 0.29) is 11.0 Å². The maximum absolute atomic E-state index is 6.81. The van der Waals surface area contributed by atoms with E-state index in [1.54, 1.807) is 12.4 Å². The van der Waals surface area contributed by atoms with Gasteiger partial charge in [0, 0.05) is 46.4 Å². The monoisotopic (exact) mass is 619 g/mol. The first kappa shape index (κ1) is 27.7. The molecule has 0 unspecified atom stereocenters. The van der Waals surface area contributed by atoms with Crippen LogP contribution >= 0.6 is 23.2 Å². The topological polar surface area (TPSA) is 79.5 Å². The van der Waals surface area contributed by atoms with Crippen LogP contribution in [-0.2, 0) is 11.3 Å². The van der Waals surface area contributed by atoms with Crippen LogP contribution in [0.3, 0.4) is 0 Å². The molecule has 5 aliphatic rings. The Labute approximate surface area is 261 Å². The van der Waals surface area contributed by atoms with Crippen molar-refractivity contribution in [2.75, 3.05) is 13.2 Å². The van der Waals surface area contributed by atoms with Gasteiger partial charge in [-0.05, 0) is 94.4 Å². The minimum Gasteiger partial charge on any atom is -0.493 e. The van der Waals surface area contributed by atoms with E-state index in [1.165, 1.54) is 12.8 Å². The standard InChI is InChI=1S/C34H35Cl2N3O4/c35-26-16-37-17-27(36)30(26)31-25(32(43-39-31)22-3-4-22)19-42-34-11-8-33(9-12-34,10-13-34)20-41-23-5-6-28-24(15-23)29(7-14-38-28)40-18-21-1-2-21/h5-7,14-17,21-22H,1-4,8-13,18-20H2. The number of hydrogen-bond donors (Lipinski definition) is 0. The molecule has 9 rings (SSSR count). The second-order valence-electron chi connectivity index (χ2n) is 13.1. The van der Waals surface area contributed by atoms with E-state index in [2.05, 4.69) is 21.2 Å². The highest BCUT2D eigenvalue weighted by molar-refractivity contribution is 6.38. The summed E-state index contributed by atoms with van der Waals surface area (Å²) >= 11 is 13.0. The minimum atomic E-state index is -0.134. The lowest BCUT2D eigenvalue weighted by Crippen LogP contribution is -2.49. The van der Waals surface area contributed by atoms with Crippen molar-refractivity contribution >= 4 is 34.1 Å². The Bertz CT molecular complexity index is 1620. The quantitative estimate of drug-likeness (QED) is 0.166. The summed E-state index contributed by atoms with van der Waals surface area (Å²) in [6.45, 7) is 1.94. The molecule has 0 radical (unpaired) electrons. The van der Waals surface area contributed by atoms with Gasteiger partial charge in [-0.1, -0.05) is 28.4 Å². The molecule has 224 valence electrons. The van der Waals surface area contributed by atoms with Crippen LogP contribution in [0.2, 0.25) is 10.0 Å². The number of rotatable bonds is 11. The summed E-state index contributed by atoms with van der Waals surface area (Å²) < 4.78 is 25.3. The predicted octanol–water partition coefficient (Wildman–Crippen LogP) is 8.95. The molecule has 5 aliphatic carbocycles. The smallest absolute Gasteiger partial charge is 0.145 e. The third-order valence-corrected chi connectivity index (χ3v) is 10.7. The number of hydrogen-bond acceptors (Lipinski definition) is 7. The zero-order valence-corrected chi connectivity index (χ0v) is 25.6. The maximum Gasteiger partial charge on any atom is 0.145 e. The van der Waals surface area contributed by atoms with Gasteiger partial charge >= 0.3 is 0 Å². The Morgan fingerprint density at radius 1 is 0.907 bits per heavy atom. The molecule has 4 aromatic rings. The van der Waals surface area contributed by atoms with Crippen molar-refractivity contribution in [1.29, 1.82) is 0 Å². The van der Waals surface area contributed by atoms with Gasteiger partial charge in [-0.15, -0.1) is 0 Å². The fourth-order valence-corrected chi connectivity index (χ4v) is 7.44. The molecule has 0 amide bonds. The molecule has 0 N–H and O–H groups in total. The molecule has 43 heavy (non-hydrogen) atoms. The van der Waals surface area contributed by atoms with Gasteiger partial charge in [0.05, 0.1) is 41.0 Å². The van der Waals surface area contributed by atoms with Crippen molar-refractivity contribution in [3.8, 4) is 22.8 Å². The van der Waals surface area contributed by atoms with Gasteiger partial charge in [-0.3, -0.25) is 9.97 Å². The molecule has 3 heterocycles. The predicted molar refractivity (Wildman–Crippen MR) is 165 cm³/mol. The molecule has 7 nitrogen and oxygen atoms in total. The molecule has 5 fully saturated rings. The van der Waals surface area contributed by atoms with Gasteiger partial charge < -0.3 is 18.7 Å².